The van der Waals surface area contributed by atoms with Crippen LogP contribution >= 0.6 is 0 Å². The summed E-state index contributed by atoms with van der Waals surface area (Å²) in [5, 5.41) is 0. The van der Waals surface area contributed by atoms with Gasteiger partial charge in [-0.25, -0.2) is 0 Å². The quantitative estimate of drug-likeness (QED) is 0.775. The van der Waals surface area contributed by atoms with Gasteiger partial charge in [-0.2, -0.15) is 13.2 Å². The van der Waals surface area contributed by atoms with Gasteiger partial charge in [0, 0.05) is 0 Å². The van der Waals surface area contributed by atoms with Gasteiger partial charge in [-0.05, 0) is 40.7 Å². The Morgan fingerprint density at radius 1 is 0.720 bits per heavy atom. The average molecular weight is 372 g/mol. The molecule has 0 aliphatic rings. The maximum Gasteiger partial charge on any atom is 0.425 e. The lowest BCUT2D eigenvalue weighted by molar-refractivity contribution is -0.137. The van der Waals surface area contributed by atoms with Gasteiger partial charge in [0.25, 0.3) is 0 Å². The third kappa shape index (κ3) is 7.51. The van der Waals surface area contributed by atoms with Gasteiger partial charge in [0.2, 0.25) is 0 Å². The van der Waals surface area contributed by atoms with Crippen LogP contribution in [-0.4, -0.2) is 12.6 Å². The van der Waals surface area contributed by atoms with Gasteiger partial charge in [0.15, 0.2) is 0 Å². The average Bonchev–Trinajstić information content (AvgIpc) is 2.46. The minimum atomic E-state index is -4.27. The van der Waals surface area contributed by atoms with Gasteiger partial charge in [-0.15, -0.1) is 12.6 Å². The number of benzene rings is 2. The minimum Gasteiger partial charge on any atom is -0.166 e. The van der Waals surface area contributed by atoms with E-state index >= 15 is 0 Å². The van der Waals surface area contributed by atoms with E-state index in [1.54, 1.807) is 12.1 Å². The zero-order chi connectivity index (χ0) is 19.3. The smallest absolute Gasteiger partial charge is 0.166 e. The third-order valence-corrected chi connectivity index (χ3v) is 3.51. The molecule has 0 aliphatic carbocycles. The molecular weight excluding hydrogens is 353 g/mol. The Morgan fingerprint density at radius 3 is 1.32 bits per heavy atom. The fourth-order valence-corrected chi connectivity index (χ4v) is 2.17. The molecule has 0 N–H and O–H groups in total. The van der Waals surface area contributed by atoms with E-state index in [1.807, 2.05) is 12.1 Å². The van der Waals surface area contributed by atoms with E-state index in [0.717, 1.165) is 23.3 Å². The fourth-order valence-electron chi connectivity index (χ4n) is 2.17. The Kier molecular flexibility index (Phi) is 6.93. The standard InChI is InChI=1S/C18H19F3.O3S/c1-17(2,3)15-8-4-13(5-9-15)12-14-6-10-16(11-7-14)18(19,20)21;1-4(2)3/h4-11H,12H2,1-3H3;. The van der Waals surface area contributed by atoms with Crippen molar-refractivity contribution in [2.24, 2.45) is 0 Å². The zero-order valence-corrected chi connectivity index (χ0v) is 14.9. The number of alkyl halides is 3. The van der Waals surface area contributed by atoms with Crippen LogP contribution < -0.4 is 0 Å². The SMILES string of the molecule is CC(C)(C)c1ccc(Cc2ccc(C(F)(F)F)cc2)cc1.O=S(=O)=O. The van der Waals surface area contributed by atoms with E-state index < -0.39 is 22.3 Å². The zero-order valence-electron chi connectivity index (χ0n) is 14.1. The van der Waals surface area contributed by atoms with Crippen LogP contribution in [0.25, 0.3) is 0 Å². The van der Waals surface area contributed by atoms with Gasteiger partial charge in [0.1, 0.15) is 0 Å². The largest absolute Gasteiger partial charge is 0.425 e. The van der Waals surface area contributed by atoms with E-state index in [9.17, 15) is 13.2 Å². The Bertz CT molecular complexity index is 723. The first-order chi connectivity index (χ1) is 11.4. The predicted molar refractivity (Wildman–Crippen MR) is 89.1 cm³/mol. The molecule has 2 aromatic rings. The number of halogens is 3. The summed E-state index contributed by atoms with van der Waals surface area (Å²) >= 11 is 0. The molecule has 0 aliphatic heterocycles. The predicted octanol–water partition coefficient (Wildman–Crippen LogP) is 4.59. The second-order valence-electron chi connectivity index (χ2n) is 6.52. The van der Waals surface area contributed by atoms with Crippen molar-refractivity contribution in [3.63, 3.8) is 0 Å². The summed E-state index contributed by atoms with van der Waals surface area (Å²) in [7, 11) is -3.11. The van der Waals surface area contributed by atoms with Crippen molar-refractivity contribution in [2.75, 3.05) is 0 Å². The van der Waals surface area contributed by atoms with E-state index in [-0.39, 0.29) is 5.41 Å². The molecule has 0 atom stereocenters. The highest BCUT2D eigenvalue weighted by atomic mass is 32.2. The van der Waals surface area contributed by atoms with Crippen molar-refractivity contribution in [2.45, 2.75) is 38.8 Å². The molecule has 0 saturated carbocycles. The van der Waals surface area contributed by atoms with Gasteiger partial charge in [-0.1, -0.05) is 57.2 Å². The molecule has 0 fully saturated rings. The second kappa shape index (κ2) is 8.29. The highest BCUT2D eigenvalue weighted by molar-refractivity contribution is 7.59. The van der Waals surface area contributed by atoms with Crippen molar-refractivity contribution in [3.05, 3.63) is 70.8 Å². The molecular formula is C18H19F3O3S. The highest BCUT2D eigenvalue weighted by Crippen LogP contribution is 2.29. The molecule has 0 bridgehead atoms. The van der Waals surface area contributed by atoms with Crippen LogP contribution in [0.15, 0.2) is 48.5 Å². The van der Waals surface area contributed by atoms with Gasteiger partial charge >= 0.3 is 16.8 Å². The van der Waals surface area contributed by atoms with Crippen LogP contribution in [0.1, 0.15) is 43.0 Å². The molecule has 7 heteroatoms. The van der Waals surface area contributed by atoms with Crippen molar-refractivity contribution in [1.82, 2.24) is 0 Å². The van der Waals surface area contributed by atoms with Gasteiger partial charge < -0.3 is 0 Å². The minimum absolute atomic E-state index is 0.104. The molecule has 25 heavy (non-hydrogen) atoms. The second-order valence-corrected chi connectivity index (χ2v) is 6.93. The maximum atomic E-state index is 12.5. The molecule has 0 radical (unpaired) electrons. The molecule has 0 saturated heterocycles. The number of hydrogen-bond donors (Lipinski definition) is 0. The Hall–Kier alpha value is -2.15. The van der Waals surface area contributed by atoms with Crippen molar-refractivity contribution >= 4 is 10.6 Å². The Labute approximate surface area is 146 Å². The van der Waals surface area contributed by atoms with Gasteiger partial charge in [0.05, 0.1) is 5.56 Å². The molecule has 3 nitrogen and oxygen atoms in total. The first-order valence-corrected chi connectivity index (χ1v) is 8.42. The molecule has 136 valence electrons. The summed E-state index contributed by atoms with van der Waals surface area (Å²) in [5.41, 5.74) is 2.73. The summed E-state index contributed by atoms with van der Waals surface area (Å²) in [6.45, 7) is 6.45. The Morgan fingerprint density at radius 2 is 1.04 bits per heavy atom. The van der Waals surface area contributed by atoms with Crippen LogP contribution in [0.2, 0.25) is 0 Å². The molecule has 0 spiro atoms. The normalized spacial score (nSPS) is 11.4. The van der Waals surface area contributed by atoms with Gasteiger partial charge in [-0.3, -0.25) is 0 Å². The number of hydrogen-bond acceptors (Lipinski definition) is 3. The van der Waals surface area contributed by atoms with E-state index in [4.69, 9.17) is 12.6 Å². The monoisotopic (exact) mass is 372 g/mol. The summed E-state index contributed by atoms with van der Waals surface area (Å²) < 4.78 is 62.8. The first-order valence-electron chi connectivity index (χ1n) is 7.42. The molecule has 0 unspecified atom stereocenters. The van der Waals surface area contributed by atoms with Crippen molar-refractivity contribution in [1.29, 1.82) is 0 Å². The van der Waals surface area contributed by atoms with Crippen LogP contribution in [0.5, 0.6) is 0 Å². The molecule has 2 rings (SSSR count). The molecule has 2 aromatic carbocycles. The summed E-state index contributed by atoms with van der Waals surface area (Å²) in [6.07, 6.45) is -3.63. The van der Waals surface area contributed by atoms with Crippen LogP contribution in [0.4, 0.5) is 13.2 Å². The van der Waals surface area contributed by atoms with Crippen LogP contribution in [-0.2, 0) is 28.6 Å². The first kappa shape index (κ1) is 20.9. The van der Waals surface area contributed by atoms with E-state index in [2.05, 4.69) is 32.9 Å². The lowest BCUT2D eigenvalue weighted by Crippen LogP contribution is -2.10. The van der Waals surface area contributed by atoms with Crippen LogP contribution in [0.3, 0.4) is 0 Å². The van der Waals surface area contributed by atoms with Crippen molar-refractivity contribution < 1.29 is 25.8 Å². The summed E-state index contributed by atoms with van der Waals surface area (Å²) in [4.78, 5) is 0. The topological polar surface area (TPSA) is 51.2 Å². The fraction of sp³-hybridized carbons (Fsp3) is 0.333. The van der Waals surface area contributed by atoms with Crippen molar-refractivity contribution in [3.8, 4) is 0 Å². The molecule has 0 aromatic heterocycles. The lowest BCUT2D eigenvalue weighted by atomic mass is 9.86. The highest BCUT2D eigenvalue weighted by Gasteiger charge is 2.29. The summed E-state index contributed by atoms with van der Waals surface area (Å²) in [6, 6.07) is 13.6. The lowest BCUT2D eigenvalue weighted by Gasteiger charge is -2.19. The number of rotatable bonds is 2. The van der Waals surface area contributed by atoms with E-state index in [1.165, 1.54) is 5.56 Å². The van der Waals surface area contributed by atoms with Crippen LogP contribution in [0, 0.1) is 0 Å². The summed E-state index contributed by atoms with van der Waals surface area (Å²) in [5.74, 6) is 0. The molecule has 0 heterocycles. The Balaban J connectivity index is 0.000000705. The maximum absolute atomic E-state index is 12.5. The van der Waals surface area contributed by atoms with E-state index in [0.29, 0.717) is 6.42 Å². The third-order valence-electron chi connectivity index (χ3n) is 3.51. The molecule has 0 amide bonds.